The fourth-order valence-corrected chi connectivity index (χ4v) is 2.69. The summed E-state index contributed by atoms with van der Waals surface area (Å²) in [7, 11) is 4.00. The number of hydrogen-bond donors (Lipinski definition) is 1. The summed E-state index contributed by atoms with van der Waals surface area (Å²) in [5.74, 6) is -0.148. The minimum absolute atomic E-state index is 0.148. The Morgan fingerprint density at radius 1 is 0.846 bits per heavy atom. The van der Waals surface area contributed by atoms with E-state index in [0.717, 1.165) is 28.1 Å². The van der Waals surface area contributed by atoms with Crippen molar-refractivity contribution in [2.24, 2.45) is 0 Å². The van der Waals surface area contributed by atoms with Gasteiger partial charge in [-0.05, 0) is 35.4 Å². The van der Waals surface area contributed by atoms with Gasteiger partial charge in [0, 0.05) is 37.1 Å². The first-order chi connectivity index (χ1) is 12.6. The first-order valence-electron chi connectivity index (χ1n) is 8.54. The van der Waals surface area contributed by atoms with Crippen LogP contribution in [0.4, 0.5) is 11.4 Å². The van der Waals surface area contributed by atoms with E-state index in [0.29, 0.717) is 0 Å². The standard InChI is InChI=1S/C23H22N2O/c1-25(2)20-15-12-18(13-16-20)14-17-23(26)24-22-11-7-6-10-21(22)19-8-4-3-5-9-19/h3-17H,1-2H3,(H,24,26)/b17-14+. The third-order valence-electron chi connectivity index (χ3n) is 4.11. The lowest BCUT2D eigenvalue weighted by molar-refractivity contribution is -0.111. The van der Waals surface area contributed by atoms with Crippen molar-refractivity contribution < 1.29 is 4.79 Å². The number of para-hydroxylation sites is 1. The number of anilines is 2. The van der Waals surface area contributed by atoms with Crippen molar-refractivity contribution >= 4 is 23.4 Å². The van der Waals surface area contributed by atoms with Crippen LogP contribution in [-0.2, 0) is 4.79 Å². The zero-order valence-electron chi connectivity index (χ0n) is 15.0. The summed E-state index contributed by atoms with van der Waals surface area (Å²) in [5.41, 5.74) is 5.00. The molecule has 0 fully saturated rings. The molecule has 1 amide bonds. The summed E-state index contributed by atoms with van der Waals surface area (Å²) in [6.45, 7) is 0. The van der Waals surface area contributed by atoms with Crippen LogP contribution in [-0.4, -0.2) is 20.0 Å². The van der Waals surface area contributed by atoms with Gasteiger partial charge in [-0.3, -0.25) is 4.79 Å². The highest BCUT2D eigenvalue weighted by molar-refractivity contribution is 6.04. The number of amides is 1. The highest BCUT2D eigenvalue weighted by atomic mass is 16.1. The predicted octanol–water partition coefficient (Wildman–Crippen LogP) is 5.07. The van der Waals surface area contributed by atoms with Crippen LogP contribution in [0.1, 0.15) is 5.56 Å². The molecule has 130 valence electrons. The molecule has 3 aromatic carbocycles. The fourth-order valence-electron chi connectivity index (χ4n) is 2.69. The Balaban J connectivity index is 1.73. The van der Waals surface area contributed by atoms with Gasteiger partial charge in [0.15, 0.2) is 0 Å². The Labute approximate surface area is 154 Å². The van der Waals surface area contributed by atoms with E-state index in [2.05, 4.69) is 5.32 Å². The molecule has 3 aromatic rings. The molecule has 3 heteroatoms. The summed E-state index contributed by atoms with van der Waals surface area (Å²) in [5, 5.41) is 2.97. The maximum Gasteiger partial charge on any atom is 0.248 e. The van der Waals surface area contributed by atoms with Gasteiger partial charge in [0.1, 0.15) is 0 Å². The smallest absolute Gasteiger partial charge is 0.248 e. The van der Waals surface area contributed by atoms with Crippen molar-refractivity contribution in [1.82, 2.24) is 0 Å². The highest BCUT2D eigenvalue weighted by Crippen LogP contribution is 2.27. The molecule has 0 bridgehead atoms. The van der Waals surface area contributed by atoms with Crippen molar-refractivity contribution in [1.29, 1.82) is 0 Å². The largest absolute Gasteiger partial charge is 0.378 e. The third-order valence-corrected chi connectivity index (χ3v) is 4.11. The van der Waals surface area contributed by atoms with Gasteiger partial charge in [-0.2, -0.15) is 0 Å². The van der Waals surface area contributed by atoms with E-state index in [4.69, 9.17) is 0 Å². The minimum Gasteiger partial charge on any atom is -0.378 e. The second-order valence-electron chi connectivity index (χ2n) is 6.22. The van der Waals surface area contributed by atoms with E-state index in [1.807, 2.05) is 104 Å². The van der Waals surface area contributed by atoms with Crippen LogP contribution in [0, 0.1) is 0 Å². The topological polar surface area (TPSA) is 32.3 Å². The number of benzene rings is 3. The average molecular weight is 342 g/mol. The molecule has 0 atom stereocenters. The molecule has 0 unspecified atom stereocenters. The maximum atomic E-state index is 12.3. The number of nitrogens with zero attached hydrogens (tertiary/aromatic N) is 1. The predicted molar refractivity (Wildman–Crippen MR) is 110 cm³/mol. The molecule has 0 aliphatic heterocycles. The molecule has 0 radical (unpaired) electrons. The van der Waals surface area contributed by atoms with Gasteiger partial charge in [-0.25, -0.2) is 0 Å². The second kappa shape index (κ2) is 8.17. The normalized spacial score (nSPS) is 10.7. The van der Waals surface area contributed by atoms with E-state index in [1.165, 1.54) is 0 Å². The molecule has 0 aliphatic rings. The maximum absolute atomic E-state index is 12.3. The molecule has 0 aromatic heterocycles. The minimum atomic E-state index is -0.148. The van der Waals surface area contributed by atoms with E-state index >= 15 is 0 Å². The summed E-state index contributed by atoms with van der Waals surface area (Å²) in [4.78, 5) is 14.4. The summed E-state index contributed by atoms with van der Waals surface area (Å²) in [6.07, 6.45) is 3.38. The van der Waals surface area contributed by atoms with Gasteiger partial charge >= 0.3 is 0 Å². The molecule has 0 saturated heterocycles. The van der Waals surface area contributed by atoms with Gasteiger partial charge in [-0.15, -0.1) is 0 Å². The van der Waals surface area contributed by atoms with Gasteiger partial charge < -0.3 is 10.2 Å². The van der Waals surface area contributed by atoms with Crippen LogP contribution in [0.3, 0.4) is 0 Å². The van der Waals surface area contributed by atoms with Crippen LogP contribution in [0.25, 0.3) is 17.2 Å². The monoisotopic (exact) mass is 342 g/mol. The van der Waals surface area contributed by atoms with Crippen molar-refractivity contribution in [2.45, 2.75) is 0 Å². The molecule has 0 aliphatic carbocycles. The van der Waals surface area contributed by atoms with E-state index in [9.17, 15) is 4.79 Å². The van der Waals surface area contributed by atoms with Crippen molar-refractivity contribution in [2.75, 3.05) is 24.3 Å². The summed E-state index contributed by atoms with van der Waals surface area (Å²) < 4.78 is 0. The van der Waals surface area contributed by atoms with Crippen LogP contribution >= 0.6 is 0 Å². The lowest BCUT2D eigenvalue weighted by atomic mass is 10.0. The van der Waals surface area contributed by atoms with E-state index in [-0.39, 0.29) is 5.91 Å². The quantitative estimate of drug-likeness (QED) is 0.657. The van der Waals surface area contributed by atoms with Gasteiger partial charge in [0.05, 0.1) is 0 Å². The van der Waals surface area contributed by atoms with Crippen molar-refractivity contribution in [3.8, 4) is 11.1 Å². The van der Waals surface area contributed by atoms with Crippen molar-refractivity contribution in [3.05, 3.63) is 90.5 Å². The molecule has 0 saturated carbocycles. The zero-order chi connectivity index (χ0) is 18.4. The highest BCUT2D eigenvalue weighted by Gasteiger charge is 2.06. The zero-order valence-corrected chi connectivity index (χ0v) is 15.0. The Kier molecular flexibility index (Phi) is 5.49. The van der Waals surface area contributed by atoms with Crippen LogP contribution in [0.5, 0.6) is 0 Å². The first-order valence-corrected chi connectivity index (χ1v) is 8.54. The second-order valence-corrected chi connectivity index (χ2v) is 6.22. The molecule has 1 N–H and O–H groups in total. The SMILES string of the molecule is CN(C)c1ccc(/C=C/C(=O)Nc2ccccc2-c2ccccc2)cc1. The third kappa shape index (κ3) is 4.39. The number of rotatable bonds is 5. The number of hydrogen-bond acceptors (Lipinski definition) is 2. The summed E-state index contributed by atoms with van der Waals surface area (Å²) >= 11 is 0. The van der Waals surface area contributed by atoms with Gasteiger partial charge in [0.2, 0.25) is 5.91 Å². The fraction of sp³-hybridized carbons (Fsp3) is 0.0870. The molecule has 0 heterocycles. The lowest BCUT2D eigenvalue weighted by Crippen LogP contribution is -2.09. The van der Waals surface area contributed by atoms with Crippen molar-refractivity contribution in [3.63, 3.8) is 0 Å². The average Bonchev–Trinajstić information content (AvgIpc) is 2.68. The molecular weight excluding hydrogens is 320 g/mol. The summed E-state index contributed by atoms with van der Waals surface area (Å²) in [6, 6.07) is 25.9. The molecule has 0 spiro atoms. The van der Waals surface area contributed by atoms with Crippen LogP contribution in [0.15, 0.2) is 84.9 Å². The van der Waals surface area contributed by atoms with E-state index in [1.54, 1.807) is 6.08 Å². The number of carbonyl (C=O) groups is 1. The van der Waals surface area contributed by atoms with Gasteiger partial charge in [-0.1, -0.05) is 60.7 Å². The Hall–Kier alpha value is -3.33. The first kappa shape index (κ1) is 17.5. The van der Waals surface area contributed by atoms with Crippen LogP contribution in [0.2, 0.25) is 0 Å². The van der Waals surface area contributed by atoms with Gasteiger partial charge in [0.25, 0.3) is 0 Å². The molecular formula is C23H22N2O. The van der Waals surface area contributed by atoms with E-state index < -0.39 is 0 Å². The molecule has 3 nitrogen and oxygen atoms in total. The Bertz CT molecular complexity index is 897. The lowest BCUT2D eigenvalue weighted by Gasteiger charge is -2.12. The molecule has 3 rings (SSSR count). The Morgan fingerprint density at radius 2 is 1.50 bits per heavy atom. The number of carbonyl (C=O) groups excluding carboxylic acids is 1. The number of nitrogens with one attached hydrogen (secondary N) is 1. The van der Waals surface area contributed by atoms with Crippen LogP contribution < -0.4 is 10.2 Å². The molecule has 26 heavy (non-hydrogen) atoms. The Morgan fingerprint density at radius 3 is 2.19 bits per heavy atom.